The van der Waals surface area contributed by atoms with E-state index >= 15 is 0 Å². The van der Waals surface area contributed by atoms with E-state index in [0.29, 0.717) is 40.1 Å². The molecule has 0 saturated carbocycles. The van der Waals surface area contributed by atoms with Gasteiger partial charge >= 0.3 is 6.09 Å². The molecule has 0 rings (SSSR count). The van der Waals surface area contributed by atoms with Crippen LogP contribution in [0.15, 0.2) is 9.98 Å². The number of rotatable bonds is 29. The topological polar surface area (TPSA) is 168 Å². The average molecular weight is 769 g/mol. The summed E-state index contributed by atoms with van der Waals surface area (Å²) in [5, 5.41) is 27.0. The highest BCUT2D eigenvalue weighted by atomic mass is 32.3. The second kappa shape index (κ2) is 35.5. The lowest BCUT2D eigenvalue weighted by Crippen LogP contribution is -2.24. The van der Waals surface area contributed by atoms with E-state index in [4.69, 9.17) is 19.8 Å². The van der Waals surface area contributed by atoms with Crippen molar-refractivity contribution < 1.29 is 38.5 Å². The van der Waals surface area contributed by atoms with Crippen LogP contribution >= 0.6 is 106 Å². The third-order valence-corrected chi connectivity index (χ3v) is 13.9. The molecule has 0 aliphatic rings. The summed E-state index contributed by atoms with van der Waals surface area (Å²) < 4.78 is 16.8. The van der Waals surface area contributed by atoms with E-state index in [1.54, 1.807) is 70.6 Å². The first kappa shape index (κ1) is 42.1. The van der Waals surface area contributed by atoms with Gasteiger partial charge in [0.15, 0.2) is 0 Å². The molecule has 1 unspecified atom stereocenters. The summed E-state index contributed by atoms with van der Waals surface area (Å²) in [5.74, 6) is 2.21. The molecule has 0 spiro atoms. The largest absolute Gasteiger partial charge is 0.449 e. The van der Waals surface area contributed by atoms with Crippen LogP contribution in [0, 0.1) is 0 Å². The quantitative estimate of drug-likeness (QED) is 0.0207. The Hall–Kier alpha value is 1.06. The lowest BCUT2D eigenvalue weighted by molar-refractivity contribution is -0.196. The normalized spacial score (nSPS) is 12.1. The zero-order chi connectivity index (χ0) is 30.1. The minimum Gasteiger partial charge on any atom is -0.449 e. The van der Waals surface area contributed by atoms with Crippen LogP contribution < -0.4 is 10.6 Å². The highest BCUT2D eigenvalue weighted by Crippen LogP contribution is 2.22. The van der Waals surface area contributed by atoms with Gasteiger partial charge in [-0.05, 0) is 0 Å². The van der Waals surface area contributed by atoms with E-state index in [1.165, 1.54) is 47.2 Å². The lowest BCUT2D eigenvalue weighted by Gasteiger charge is -2.05. The van der Waals surface area contributed by atoms with Gasteiger partial charge in [0.2, 0.25) is 6.40 Å². The van der Waals surface area contributed by atoms with Crippen molar-refractivity contribution in [1.29, 1.82) is 0 Å². The molecule has 0 heterocycles. The first-order chi connectivity index (χ1) is 20.1. The Morgan fingerprint density at radius 3 is 2.27 bits per heavy atom. The Labute approximate surface area is 282 Å². The number of aliphatic hydroxyl groups is 2. The molecule has 2 amide bonds. The van der Waals surface area contributed by atoms with Gasteiger partial charge in [0.25, 0.3) is 5.24 Å². The number of hydrogen-bond donors (Lipinski definition) is 4. The molecule has 240 valence electrons. The Bertz CT molecular complexity index is 719. The maximum Gasteiger partial charge on any atom is 0.407 e. The molecule has 0 aromatic carbocycles. The number of ether oxygens (including phenoxy) is 1. The number of aliphatic hydroxyl groups excluding tert-OH is 2. The summed E-state index contributed by atoms with van der Waals surface area (Å²) in [4.78, 5) is 40.7. The SMILES string of the molecule is O=C(NCSCSCN=CS(=O)CSCSCSCSC(=O)NCSCSCN=COOCSCO)OCCCO. The first-order valence-corrected chi connectivity index (χ1v) is 23.0. The van der Waals surface area contributed by atoms with Crippen molar-refractivity contribution in [2.24, 2.45) is 9.98 Å². The molecule has 0 aromatic heterocycles. The summed E-state index contributed by atoms with van der Waals surface area (Å²) in [6, 6.07) is 0. The van der Waals surface area contributed by atoms with Gasteiger partial charge < -0.3 is 30.5 Å². The smallest absolute Gasteiger partial charge is 0.407 e. The fourth-order valence-corrected chi connectivity index (χ4v) is 10.7. The van der Waals surface area contributed by atoms with Crippen LogP contribution in [0.1, 0.15) is 6.42 Å². The van der Waals surface area contributed by atoms with E-state index < -0.39 is 16.9 Å². The highest BCUT2D eigenvalue weighted by Gasteiger charge is 2.03. The molecule has 0 aliphatic heterocycles. The molecular weight excluding hydrogens is 733 g/mol. The van der Waals surface area contributed by atoms with Crippen LogP contribution in [0.2, 0.25) is 0 Å². The van der Waals surface area contributed by atoms with Crippen LogP contribution in [0.4, 0.5) is 9.59 Å². The average Bonchev–Trinajstić information content (AvgIpc) is 2.96. The van der Waals surface area contributed by atoms with Gasteiger partial charge in [0.05, 0.1) is 57.5 Å². The summed E-state index contributed by atoms with van der Waals surface area (Å²) in [5.41, 5.74) is 1.48. The van der Waals surface area contributed by atoms with Crippen LogP contribution in [-0.2, 0) is 25.3 Å². The zero-order valence-corrected chi connectivity index (χ0v) is 30.2. The Morgan fingerprint density at radius 2 is 1.51 bits per heavy atom. The molecule has 0 aliphatic carbocycles. The van der Waals surface area contributed by atoms with E-state index in [-0.39, 0.29) is 30.3 Å². The van der Waals surface area contributed by atoms with Gasteiger partial charge in [-0.3, -0.25) is 14.0 Å². The van der Waals surface area contributed by atoms with E-state index in [2.05, 4.69) is 25.5 Å². The third kappa shape index (κ3) is 35.4. The van der Waals surface area contributed by atoms with Gasteiger partial charge in [-0.1, -0.05) is 11.8 Å². The van der Waals surface area contributed by atoms with Crippen molar-refractivity contribution in [3.05, 3.63) is 0 Å². The number of nitrogens with one attached hydrogen (secondary N) is 2. The van der Waals surface area contributed by atoms with Crippen molar-refractivity contribution in [3.63, 3.8) is 0 Å². The summed E-state index contributed by atoms with van der Waals surface area (Å²) >= 11 is 13.7. The monoisotopic (exact) mass is 768 g/mol. The number of alkyl carbamates (subject to hydrolysis) is 1. The minimum absolute atomic E-state index is 0.00807. The summed E-state index contributed by atoms with van der Waals surface area (Å²) in [7, 11) is -1.11. The standard InChI is InChI=1S/C19H36N4O8S10/c24-2-1-3-29-18(26)22-7-34-13-33-6-21-9-41(28)17-39-15-37-14-38-16-40-19(27)23-8-35-12-32-5-20-4-30-31-11-36-10-25/h4,9,24-25H,1-3,5-8,10-17H2,(H,22,26)(H,23,27). The number of carbonyl (C=O) groups excluding carboxylic acids is 2. The predicted octanol–water partition coefficient (Wildman–Crippen LogP) is 4.64. The van der Waals surface area contributed by atoms with Gasteiger partial charge in [-0.25, -0.2) is 9.79 Å². The lowest BCUT2D eigenvalue weighted by atomic mass is 10.5. The molecule has 0 saturated heterocycles. The van der Waals surface area contributed by atoms with Crippen LogP contribution in [-0.4, -0.2) is 117 Å². The van der Waals surface area contributed by atoms with Gasteiger partial charge in [0.1, 0.15) is 5.94 Å². The van der Waals surface area contributed by atoms with E-state index in [9.17, 15) is 13.8 Å². The Morgan fingerprint density at radius 1 is 0.829 bits per heavy atom. The minimum atomic E-state index is -1.11. The Kier molecular flexibility index (Phi) is 36.5. The second-order valence-corrected chi connectivity index (χ2v) is 18.4. The molecule has 0 fully saturated rings. The molecule has 12 nitrogen and oxygen atoms in total. The second-order valence-electron chi connectivity index (χ2n) is 6.30. The Balaban J connectivity index is 3.39. The summed E-state index contributed by atoms with van der Waals surface area (Å²) in [6.07, 6.45) is 1.15. The maximum atomic E-state index is 12.0. The first-order valence-electron chi connectivity index (χ1n) is 11.4. The van der Waals surface area contributed by atoms with Crippen LogP contribution in [0.5, 0.6) is 0 Å². The molecule has 22 heteroatoms. The number of amides is 2. The van der Waals surface area contributed by atoms with Gasteiger partial charge in [-0.2, -0.15) is 4.89 Å². The molecule has 1 atom stereocenters. The van der Waals surface area contributed by atoms with E-state index in [1.807, 2.05) is 0 Å². The molecule has 0 radical (unpaired) electrons. The number of nitrogens with zero attached hydrogens (tertiary/aromatic N) is 2. The van der Waals surface area contributed by atoms with Gasteiger partial charge in [-0.15, -0.1) is 94.1 Å². The number of thioether (sulfide) groups is 9. The van der Waals surface area contributed by atoms with E-state index in [0.717, 1.165) is 20.3 Å². The molecule has 41 heavy (non-hydrogen) atoms. The van der Waals surface area contributed by atoms with Crippen molar-refractivity contribution in [2.45, 2.75) is 6.42 Å². The van der Waals surface area contributed by atoms with Gasteiger partial charge in [0, 0.05) is 38.5 Å². The fraction of sp³-hybridized carbons (Fsp3) is 0.789. The van der Waals surface area contributed by atoms with Crippen molar-refractivity contribution in [3.8, 4) is 0 Å². The third-order valence-electron chi connectivity index (χ3n) is 3.24. The molecular formula is C19H36N4O8S10. The maximum absolute atomic E-state index is 12.0. The van der Waals surface area contributed by atoms with Crippen molar-refractivity contribution >= 4 is 140 Å². The predicted molar refractivity (Wildman–Crippen MR) is 191 cm³/mol. The summed E-state index contributed by atoms with van der Waals surface area (Å²) in [6.45, 7) is 0.191. The molecule has 0 aromatic rings. The number of carbonyl (C=O) groups is 2. The number of hydrogen-bond acceptors (Lipinski definition) is 19. The van der Waals surface area contributed by atoms with Crippen LogP contribution in [0.3, 0.4) is 0 Å². The molecule has 0 bridgehead atoms. The molecule has 4 N–H and O–H groups in total. The van der Waals surface area contributed by atoms with Crippen molar-refractivity contribution in [1.82, 2.24) is 10.6 Å². The van der Waals surface area contributed by atoms with Crippen molar-refractivity contribution in [2.75, 3.05) is 79.1 Å². The fourth-order valence-electron chi connectivity index (χ4n) is 1.66. The van der Waals surface area contributed by atoms with Crippen LogP contribution in [0.25, 0.3) is 0 Å². The zero-order valence-electron chi connectivity index (χ0n) is 22.1. The highest BCUT2D eigenvalue weighted by molar-refractivity contribution is 8.29. The number of aliphatic imine (C=N–C) groups is 2.